The van der Waals surface area contributed by atoms with Crippen LogP contribution < -0.4 is 0 Å². The maximum atomic E-state index is 13.8. The summed E-state index contributed by atoms with van der Waals surface area (Å²) in [6, 6.07) is 12.2. The average molecular weight is 270 g/mol. The van der Waals surface area contributed by atoms with Crippen LogP contribution >= 0.6 is 0 Å². The third kappa shape index (κ3) is 2.10. The van der Waals surface area contributed by atoms with Gasteiger partial charge in [0.2, 0.25) is 0 Å². The molecule has 1 atom stereocenters. The number of halogens is 1. The van der Waals surface area contributed by atoms with E-state index in [-0.39, 0.29) is 5.56 Å². The summed E-state index contributed by atoms with van der Waals surface area (Å²) in [5.74, 6) is -0.0703. The molecule has 3 aromatic rings. The number of benzene rings is 2. The van der Waals surface area contributed by atoms with E-state index in [1.54, 1.807) is 18.2 Å². The molecule has 0 fully saturated rings. The first kappa shape index (κ1) is 12.9. The molecule has 3 rings (SSSR count). The Bertz CT molecular complexity index is 774. The summed E-state index contributed by atoms with van der Waals surface area (Å²) in [4.78, 5) is 0. The van der Waals surface area contributed by atoms with E-state index in [1.807, 2.05) is 32.0 Å². The summed E-state index contributed by atoms with van der Waals surface area (Å²) in [6.45, 7) is 3.80. The molecule has 102 valence electrons. The number of furan rings is 1. The largest absolute Gasteiger partial charge is 0.458 e. The molecular formula is C17H15FO2. The van der Waals surface area contributed by atoms with Crippen molar-refractivity contribution in [2.75, 3.05) is 0 Å². The first-order chi connectivity index (χ1) is 9.56. The highest BCUT2D eigenvalue weighted by Gasteiger charge is 2.19. The minimum Gasteiger partial charge on any atom is -0.458 e. The zero-order chi connectivity index (χ0) is 14.3. The molecule has 3 heteroatoms. The quantitative estimate of drug-likeness (QED) is 0.754. The molecule has 2 nitrogen and oxygen atoms in total. The molecule has 1 heterocycles. The molecule has 0 radical (unpaired) electrons. The highest BCUT2D eigenvalue weighted by molar-refractivity contribution is 5.81. The van der Waals surface area contributed by atoms with E-state index in [1.165, 1.54) is 6.07 Å². The Morgan fingerprint density at radius 2 is 1.90 bits per heavy atom. The van der Waals surface area contributed by atoms with Crippen LogP contribution in [0.2, 0.25) is 0 Å². The maximum absolute atomic E-state index is 13.8. The van der Waals surface area contributed by atoms with Crippen LogP contribution in [-0.2, 0) is 0 Å². The van der Waals surface area contributed by atoms with Gasteiger partial charge in [-0.25, -0.2) is 4.39 Å². The van der Waals surface area contributed by atoms with Crippen LogP contribution in [0.5, 0.6) is 0 Å². The SMILES string of the molecule is Cc1ccc(F)c(C(O)c2cc3cccc(C)c3o2)c1. The molecule has 2 aromatic carbocycles. The summed E-state index contributed by atoms with van der Waals surface area (Å²) in [5, 5.41) is 11.3. The fourth-order valence-corrected chi connectivity index (χ4v) is 2.39. The Hall–Kier alpha value is -2.13. The number of aliphatic hydroxyl groups is 1. The first-order valence-electron chi connectivity index (χ1n) is 6.49. The number of rotatable bonds is 2. The summed E-state index contributed by atoms with van der Waals surface area (Å²) < 4.78 is 19.5. The topological polar surface area (TPSA) is 33.4 Å². The van der Waals surface area contributed by atoms with Crippen LogP contribution in [0.1, 0.15) is 28.6 Å². The second-order valence-electron chi connectivity index (χ2n) is 5.07. The van der Waals surface area contributed by atoms with Gasteiger partial charge in [0.15, 0.2) is 0 Å². The smallest absolute Gasteiger partial charge is 0.139 e. The molecule has 0 saturated heterocycles. The Labute approximate surface area is 116 Å². The second kappa shape index (κ2) is 4.76. The molecule has 0 aliphatic heterocycles. The molecule has 0 saturated carbocycles. The molecule has 1 N–H and O–H groups in total. The van der Waals surface area contributed by atoms with Crippen molar-refractivity contribution in [2.45, 2.75) is 20.0 Å². The number of hydrogen-bond acceptors (Lipinski definition) is 2. The van der Waals surface area contributed by atoms with Gasteiger partial charge >= 0.3 is 0 Å². The van der Waals surface area contributed by atoms with Gasteiger partial charge in [-0.3, -0.25) is 0 Å². The maximum Gasteiger partial charge on any atom is 0.139 e. The predicted molar refractivity (Wildman–Crippen MR) is 76.1 cm³/mol. The number of para-hydroxylation sites is 1. The molecule has 1 aromatic heterocycles. The summed E-state index contributed by atoms with van der Waals surface area (Å²) in [5.41, 5.74) is 2.86. The summed E-state index contributed by atoms with van der Waals surface area (Å²) in [6.07, 6.45) is -1.10. The molecule has 0 aliphatic rings. The van der Waals surface area contributed by atoms with Crippen molar-refractivity contribution in [3.05, 3.63) is 70.7 Å². The Morgan fingerprint density at radius 1 is 1.10 bits per heavy atom. The Balaban J connectivity index is 2.10. The van der Waals surface area contributed by atoms with Gasteiger partial charge < -0.3 is 9.52 Å². The highest BCUT2D eigenvalue weighted by Crippen LogP contribution is 2.31. The normalized spacial score (nSPS) is 12.8. The van der Waals surface area contributed by atoms with Crippen molar-refractivity contribution in [2.24, 2.45) is 0 Å². The van der Waals surface area contributed by atoms with E-state index in [0.717, 1.165) is 22.1 Å². The fraction of sp³-hybridized carbons (Fsp3) is 0.176. The molecule has 20 heavy (non-hydrogen) atoms. The molecule has 0 bridgehead atoms. The Morgan fingerprint density at radius 3 is 2.65 bits per heavy atom. The number of aryl methyl sites for hydroxylation is 2. The molecule has 0 aliphatic carbocycles. The zero-order valence-corrected chi connectivity index (χ0v) is 11.4. The van der Waals surface area contributed by atoms with Crippen LogP contribution in [0.15, 0.2) is 46.9 Å². The third-order valence-electron chi connectivity index (χ3n) is 3.48. The molecule has 0 spiro atoms. The van der Waals surface area contributed by atoms with Crippen molar-refractivity contribution < 1.29 is 13.9 Å². The van der Waals surface area contributed by atoms with Gasteiger partial charge in [-0.2, -0.15) is 0 Å². The van der Waals surface area contributed by atoms with Gasteiger partial charge in [0, 0.05) is 10.9 Å². The summed E-state index contributed by atoms with van der Waals surface area (Å²) >= 11 is 0. The van der Waals surface area contributed by atoms with Crippen molar-refractivity contribution in [3.8, 4) is 0 Å². The van der Waals surface area contributed by atoms with Gasteiger partial charge in [-0.15, -0.1) is 0 Å². The van der Waals surface area contributed by atoms with Crippen molar-refractivity contribution in [3.63, 3.8) is 0 Å². The van der Waals surface area contributed by atoms with E-state index >= 15 is 0 Å². The van der Waals surface area contributed by atoms with Gasteiger partial charge in [-0.1, -0.05) is 35.9 Å². The monoisotopic (exact) mass is 270 g/mol. The van der Waals surface area contributed by atoms with Gasteiger partial charge in [0.05, 0.1) is 0 Å². The van der Waals surface area contributed by atoms with Crippen LogP contribution in [0.4, 0.5) is 4.39 Å². The highest BCUT2D eigenvalue weighted by atomic mass is 19.1. The lowest BCUT2D eigenvalue weighted by Crippen LogP contribution is -2.01. The number of aliphatic hydroxyl groups excluding tert-OH is 1. The molecular weight excluding hydrogens is 255 g/mol. The number of fused-ring (bicyclic) bond motifs is 1. The van der Waals surface area contributed by atoms with E-state index in [0.29, 0.717) is 5.76 Å². The van der Waals surface area contributed by atoms with Crippen molar-refractivity contribution in [1.82, 2.24) is 0 Å². The predicted octanol–water partition coefficient (Wildman–Crippen LogP) is 4.27. The van der Waals surface area contributed by atoms with Crippen LogP contribution in [0, 0.1) is 19.7 Å². The lowest BCUT2D eigenvalue weighted by molar-refractivity contribution is 0.187. The third-order valence-corrected chi connectivity index (χ3v) is 3.48. The van der Waals surface area contributed by atoms with Crippen LogP contribution in [0.25, 0.3) is 11.0 Å². The average Bonchev–Trinajstić information content (AvgIpc) is 2.86. The van der Waals surface area contributed by atoms with E-state index < -0.39 is 11.9 Å². The minimum atomic E-state index is -1.10. The zero-order valence-electron chi connectivity index (χ0n) is 11.4. The lowest BCUT2D eigenvalue weighted by Gasteiger charge is -2.10. The van der Waals surface area contributed by atoms with Gasteiger partial charge in [0.25, 0.3) is 0 Å². The van der Waals surface area contributed by atoms with Crippen molar-refractivity contribution >= 4 is 11.0 Å². The minimum absolute atomic E-state index is 0.238. The molecule has 0 amide bonds. The fourth-order valence-electron chi connectivity index (χ4n) is 2.39. The first-order valence-corrected chi connectivity index (χ1v) is 6.49. The summed E-state index contributed by atoms with van der Waals surface area (Å²) in [7, 11) is 0. The second-order valence-corrected chi connectivity index (χ2v) is 5.07. The Kier molecular flexibility index (Phi) is 3.07. The van der Waals surface area contributed by atoms with Gasteiger partial charge in [-0.05, 0) is 31.5 Å². The van der Waals surface area contributed by atoms with E-state index in [4.69, 9.17) is 4.42 Å². The van der Waals surface area contributed by atoms with E-state index in [2.05, 4.69) is 0 Å². The van der Waals surface area contributed by atoms with Crippen molar-refractivity contribution in [1.29, 1.82) is 0 Å². The van der Waals surface area contributed by atoms with Crippen LogP contribution in [0.3, 0.4) is 0 Å². The number of hydrogen-bond donors (Lipinski definition) is 1. The lowest BCUT2D eigenvalue weighted by atomic mass is 10.0. The van der Waals surface area contributed by atoms with E-state index in [9.17, 15) is 9.50 Å². The van der Waals surface area contributed by atoms with Crippen LogP contribution in [-0.4, -0.2) is 5.11 Å². The van der Waals surface area contributed by atoms with Gasteiger partial charge in [0.1, 0.15) is 23.3 Å². The molecule has 1 unspecified atom stereocenters. The standard InChI is InChI=1S/C17H15FO2/c1-10-6-7-14(18)13(8-10)16(19)15-9-12-5-3-4-11(2)17(12)20-15/h3-9,16,19H,1-2H3.